The first-order valence-corrected chi connectivity index (χ1v) is 37.9. The third-order valence-corrected chi connectivity index (χ3v) is 17.3. The average molecular weight is 1210 g/mol. The number of hydrogen-bond acceptors (Lipinski definition) is 6. The van der Waals surface area contributed by atoms with E-state index in [1.165, 1.54) is 250 Å². The molecule has 0 saturated carbocycles. The molecule has 0 radical (unpaired) electrons. The number of phosphoric acid groups is 1. The van der Waals surface area contributed by atoms with Gasteiger partial charge in [0.05, 0.1) is 39.9 Å². The largest absolute Gasteiger partial charge is 0.756 e. The van der Waals surface area contributed by atoms with Crippen molar-refractivity contribution in [2.75, 3.05) is 40.9 Å². The van der Waals surface area contributed by atoms with Crippen LogP contribution in [0.1, 0.15) is 341 Å². The second kappa shape index (κ2) is 66.1. The molecule has 0 aliphatic rings. The number of phosphoric ester groups is 1. The van der Waals surface area contributed by atoms with E-state index in [-0.39, 0.29) is 12.5 Å². The van der Waals surface area contributed by atoms with Crippen molar-refractivity contribution < 1.29 is 32.9 Å². The number of hydrogen-bond donors (Lipinski definition) is 2. The summed E-state index contributed by atoms with van der Waals surface area (Å²) in [6.45, 7) is 4.54. The molecule has 0 aromatic heterocycles. The van der Waals surface area contributed by atoms with Crippen molar-refractivity contribution in [3.63, 3.8) is 0 Å². The lowest BCUT2D eigenvalue weighted by Crippen LogP contribution is -2.45. The van der Waals surface area contributed by atoms with E-state index in [1.54, 1.807) is 6.08 Å². The molecule has 0 aromatic rings. The molecular formula is C76H141N2O6P. The Hall–Kier alpha value is -2.32. The number of carbonyl (C=O) groups is 1. The normalized spacial score (nSPS) is 14.1. The average Bonchev–Trinajstić information content (AvgIpc) is 3.48. The van der Waals surface area contributed by atoms with Gasteiger partial charge in [0.2, 0.25) is 5.91 Å². The van der Waals surface area contributed by atoms with Crippen molar-refractivity contribution in [3.05, 3.63) is 85.1 Å². The molecular weight excluding hydrogens is 1070 g/mol. The molecule has 3 unspecified atom stereocenters. The highest BCUT2D eigenvalue weighted by molar-refractivity contribution is 7.45. The number of aliphatic hydroxyl groups excluding tert-OH is 1. The third kappa shape index (κ3) is 69.0. The topological polar surface area (TPSA) is 108 Å². The summed E-state index contributed by atoms with van der Waals surface area (Å²) in [5.41, 5.74) is 0. The van der Waals surface area contributed by atoms with E-state index in [9.17, 15) is 19.4 Å². The number of likely N-dealkylation sites (N-methyl/N-ethyl adjacent to an activating group) is 1. The third-order valence-electron chi connectivity index (χ3n) is 16.3. The zero-order valence-electron chi connectivity index (χ0n) is 56.8. The van der Waals surface area contributed by atoms with Crippen molar-refractivity contribution in [2.24, 2.45) is 0 Å². The van der Waals surface area contributed by atoms with Crippen LogP contribution in [0.15, 0.2) is 85.1 Å². The highest BCUT2D eigenvalue weighted by Crippen LogP contribution is 2.38. The number of allylic oxidation sites excluding steroid dienone is 13. The van der Waals surface area contributed by atoms with Gasteiger partial charge in [-0.05, 0) is 83.5 Å². The van der Waals surface area contributed by atoms with Crippen molar-refractivity contribution in [1.82, 2.24) is 5.32 Å². The van der Waals surface area contributed by atoms with Gasteiger partial charge in [0.1, 0.15) is 13.2 Å². The Morgan fingerprint density at radius 1 is 0.424 bits per heavy atom. The monoisotopic (exact) mass is 1210 g/mol. The summed E-state index contributed by atoms with van der Waals surface area (Å²) >= 11 is 0. The molecule has 85 heavy (non-hydrogen) atoms. The maximum atomic E-state index is 13.0. The Morgan fingerprint density at radius 3 is 1.09 bits per heavy atom. The Morgan fingerprint density at radius 2 is 0.729 bits per heavy atom. The van der Waals surface area contributed by atoms with Crippen LogP contribution >= 0.6 is 7.82 Å². The fourth-order valence-electron chi connectivity index (χ4n) is 10.7. The molecule has 1 amide bonds. The van der Waals surface area contributed by atoms with E-state index < -0.39 is 26.6 Å². The van der Waals surface area contributed by atoms with Crippen molar-refractivity contribution in [2.45, 2.75) is 353 Å². The molecule has 0 fully saturated rings. The standard InChI is InChI=1S/C76H141N2O6P/c1-6-8-10-12-14-16-18-20-22-24-26-28-30-31-32-33-34-35-36-37-38-39-40-41-42-43-44-45-46-47-48-50-52-54-56-58-60-62-64-66-68-70-76(80)77-74(73-84-85(81,82)83-72-71-78(3,4)5)75(79)69-67-65-63-61-59-57-55-53-51-49-29-27-25-23-21-19-17-15-13-11-9-7-2/h8,10,14,16,20,22,26,28,51,53,59,61,67,69,74-75,79H,6-7,9,11-13,15,17-19,21,23-25,27,29-50,52,54-58,60,62-66,68,70-73H2,1-5H3,(H-,77,80,81,82)/b10-8-,16-14-,22-20-,28-26-,53-51+,61-59+,69-67+. The molecule has 0 aliphatic carbocycles. The number of aliphatic hydroxyl groups is 1. The molecule has 0 spiro atoms. The SMILES string of the molecule is CC/C=C\C/C=C\C/C=C\C/C=C\CCCCCCCCCCCCCCCCCCCCCCCCCCCCCCC(=O)NC(COP(=O)([O-])OCC[N+](C)(C)C)C(O)/C=C/CC/C=C/CC/C=C/CCCCCCCCCCCCCC. The first-order chi connectivity index (χ1) is 41.5. The highest BCUT2D eigenvalue weighted by Gasteiger charge is 2.23. The minimum absolute atomic E-state index is 0.00920. The molecule has 0 rings (SSSR count). The first-order valence-electron chi connectivity index (χ1n) is 36.4. The van der Waals surface area contributed by atoms with Crippen LogP contribution in [0.3, 0.4) is 0 Å². The molecule has 3 atom stereocenters. The van der Waals surface area contributed by atoms with Crippen molar-refractivity contribution in [1.29, 1.82) is 0 Å². The van der Waals surface area contributed by atoms with Gasteiger partial charge in [0.25, 0.3) is 7.82 Å². The van der Waals surface area contributed by atoms with Crippen LogP contribution in [0.2, 0.25) is 0 Å². The van der Waals surface area contributed by atoms with Crippen LogP contribution in [0, 0.1) is 0 Å². The van der Waals surface area contributed by atoms with Crippen LogP contribution < -0.4 is 10.2 Å². The number of nitrogens with one attached hydrogen (secondary N) is 1. The summed E-state index contributed by atoms with van der Waals surface area (Å²) in [6.07, 6.45) is 94.5. The summed E-state index contributed by atoms with van der Waals surface area (Å²) in [4.78, 5) is 25.6. The number of nitrogens with zero attached hydrogens (tertiary/aromatic N) is 1. The quantitative estimate of drug-likeness (QED) is 0.0272. The Kier molecular flexibility index (Phi) is 64.3. The Labute approximate surface area is 528 Å². The fraction of sp³-hybridized carbons (Fsp3) is 0.803. The molecule has 9 heteroatoms. The van der Waals surface area contributed by atoms with Crippen LogP contribution in [-0.4, -0.2) is 68.5 Å². The summed E-state index contributed by atoms with van der Waals surface area (Å²) < 4.78 is 23.4. The predicted molar refractivity (Wildman–Crippen MR) is 371 cm³/mol. The lowest BCUT2D eigenvalue weighted by molar-refractivity contribution is -0.870. The van der Waals surface area contributed by atoms with E-state index in [4.69, 9.17) is 9.05 Å². The molecule has 0 saturated heterocycles. The molecule has 0 heterocycles. The van der Waals surface area contributed by atoms with E-state index >= 15 is 0 Å². The van der Waals surface area contributed by atoms with Gasteiger partial charge in [-0.15, -0.1) is 0 Å². The van der Waals surface area contributed by atoms with Gasteiger partial charge in [0, 0.05) is 6.42 Å². The number of rotatable bonds is 67. The summed E-state index contributed by atoms with van der Waals surface area (Å²) in [7, 11) is 1.24. The molecule has 0 aromatic carbocycles. The lowest BCUT2D eigenvalue weighted by atomic mass is 10.0. The second-order valence-corrected chi connectivity index (χ2v) is 27.3. The molecule has 496 valence electrons. The highest BCUT2D eigenvalue weighted by atomic mass is 31.2. The molecule has 8 nitrogen and oxygen atoms in total. The van der Waals surface area contributed by atoms with Crippen LogP contribution in [0.5, 0.6) is 0 Å². The zero-order valence-corrected chi connectivity index (χ0v) is 57.7. The number of unbranched alkanes of at least 4 members (excludes halogenated alkanes) is 42. The zero-order chi connectivity index (χ0) is 61.9. The van der Waals surface area contributed by atoms with Crippen molar-refractivity contribution >= 4 is 13.7 Å². The molecule has 0 bridgehead atoms. The Balaban J connectivity index is 3.96. The second-order valence-electron chi connectivity index (χ2n) is 25.9. The maximum Gasteiger partial charge on any atom is 0.268 e. The number of quaternary nitrogens is 1. The van der Waals surface area contributed by atoms with Crippen LogP contribution in [0.4, 0.5) is 0 Å². The molecule has 0 aliphatic heterocycles. The van der Waals surface area contributed by atoms with Gasteiger partial charge in [0.15, 0.2) is 0 Å². The number of amides is 1. The van der Waals surface area contributed by atoms with Gasteiger partial charge in [-0.3, -0.25) is 9.36 Å². The summed E-state index contributed by atoms with van der Waals surface area (Å²) in [5.74, 6) is -0.206. The van der Waals surface area contributed by atoms with Crippen molar-refractivity contribution in [3.8, 4) is 0 Å². The van der Waals surface area contributed by atoms with E-state index in [2.05, 4.69) is 92.1 Å². The van der Waals surface area contributed by atoms with Crippen LogP contribution in [-0.2, 0) is 18.4 Å². The minimum atomic E-state index is -4.62. The lowest BCUT2D eigenvalue weighted by Gasteiger charge is -2.29. The fourth-order valence-corrected chi connectivity index (χ4v) is 11.4. The van der Waals surface area contributed by atoms with Gasteiger partial charge >= 0.3 is 0 Å². The predicted octanol–water partition coefficient (Wildman–Crippen LogP) is 22.9. The summed E-state index contributed by atoms with van der Waals surface area (Å²) in [5, 5.41) is 13.9. The van der Waals surface area contributed by atoms with E-state index in [0.717, 1.165) is 70.6 Å². The smallest absolute Gasteiger partial charge is 0.268 e. The van der Waals surface area contributed by atoms with Gasteiger partial charge in [-0.2, -0.15) is 0 Å². The molecule has 2 N–H and O–H groups in total. The Bertz CT molecular complexity index is 1660. The van der Waals surface area contributed by atoms with Crippen LogP contribution in [0.25, 0.3) is 0 Å². The minimum Gasteiger partial charge on any atom is -0.756 e. The summed E-state index contributed by atoms with van der Waals surface area (Å²) in [6, 6.07) is -0.912. The number of carbonyl (C=O) groups excluding carboxylic acids is 1. The maximum absolute atomic E-state index is 13.0. The first kappa shape index (κ1) is 82.7. The van der Waals surface area contributed by atoms with E-state index in [0.29, 0.717) is 17.4 Å². The van der Waals surface area contributed by atoms with Gasteiger partial charge in [-0.25, -0.2) is 0 Å². The van der Waals surface area contributed by atoms with Gasteiger partial charge < -0.3 is 28.8 Å². The van der Waals surface area contributed by atoms with E-state index in [1.807, 2.05) is 27.2 Å². The van der Waals surface area contributed by atoms with Gasteiger partial charge in [-0.1, -0.05) is 336 Å².